The lowest BCUT2D eigenvalue weighted by molar-refractivity contribution is -0.141. The largest absolute Gasteiger partial charge is 0.444 e. The summed E-state index contributed by atoms with van der Waals surface area (Å²) in [5.74, 6) is 0. The summed E-state index contributed by atoms with van der Waals surface area (Å²) in [6, 6.07) is 3.78. The lowest BCUT2D eigenvalue weighted by atomic mass is 10.0. The number of aromatic nitrogens is 3. The number of ether oxygens (including phenoxy) is 1. The molecule has 1 aliphatic rings. The van der Waals surface area contributed by atoms with Gasteiger partial charge in [0.2, 0.25) is 6.41 Å². The van der Waals surface area contributed by atoms with Gasteiger partial charge < -0.3 is 20.1 Å². The predicted octanol–water partition coefficient (Wildman–Crippen LogP) is 5.62. The third-order valence-corrected chi connectivity index (χ3v) is 4.85. The summed E-state index contributed by atoms with van der Waals surface area (Å²) in [4.78, 5) is 34.8. The molecule has 2 amide bonds. The highest BCUT2D eigenvalue weighted by Gasteiger charge is 2.41. The van der Waals surface area contributed by atoms with Crippen molar-refractivity contribution in [3.05, 3.63) is 42.1 Å². The Labute approximate surface area is 229 Å². The van der Waals surface area contributed by atoms with Crippen LogP contribution in [-0.2, 0) is 22.3 Å². The monoisotopic (exact) mass is 557 g/mol. The SMILES string of the molecule is CC.CC.CC1CC(C)(O)CN1C(=O)OC(C)(C)C.O=CNCc1cc(-c2ccc(C(F)(F)F)nc2)ncn1. The molecule has 0 bridgehead atoms. The molecule has 2 aromatic rings. The van der Waals surface area contributed by atoms with E-state index in [-0.39, 0.29) is 18.7 Å². The molecular weight excluding hydrogens is 515 g/mol. The van der Waals surface area contributed by atoms with Crippen LogP contribution in [0, 0.1) is 0 Å². The van der Waals surface area contributed by atoms with Gasteiger partial charge in [-0.3, -0.25) is 9.78 Å². The van der Waals surface area contributed by atoms with Crippen LogP contribution in [0.15, 0.2) is 30.7 Å². The van der Waals surface area contributed by atoms with Crippen LogP contribution < -0.4 is 5.32 Å². The van der Waals surface area contributed by atoms with Crippen molar-refractivity contribution in [2.45, 2.75) is 98.7 Å². The molecule has 12 heteroatoms. The van der Waals surface area contributed by atoms with E-state index in [0.717, 1.165) is 12.3 Å². The molecule has 9 nitrogen and oxygen atoms in total. The molecule has 1 saturated heterocycles. The van der Waals surface area contributed by atoms with Crippen LogP contribution in [0.25, 0.3) is 11.3 Å². The zero-order valence-corrected chi connectivity index (χ0v) is 24.3. The Morgan fingerprint density at radius 3 is 2.23 bits per heavy atom. The number of rotatable bonds is 4. The molecule has 0 saturated carbocycles. The van der Waals surface area contributed by atoms with E-state index >= 15 is 0 Å². The van der Waals surface area contributed by atoms with E-state index in [4.69, 9.17) is 4.74 Å². The molecule has 0 aliphatic carbocycles. The molecule has 39 heavy (non-hydrogen) atoms. The maximum absolute atomic E-state index is 12.4. The molecule has 3 rings (SSSR count). The van der Waals surface area contributed by atoms with Crippen molar-refractivity contribution in [2.75, 3.05) is 6.54 Å². The number of carbonyl (C=O) groups is 2. The highest BCUT2D eigenvalue weighted by atomic mass is 19.4. The first kappa shape index (κ1) is 35.7. The molecule has 220 valence electrons. The summed E-state index contributed by atoms with van der Waals surface area (Å²) in [6.07, 6.45) is -1.30. The van der Waals surface area contributed by atoms with Gasteiger partial charge in [-0.15, -0.1) is 0 Å². The topological polar surface area (TPSA) is 118 Å². The molecule has 1 aliphatic heterocycles. The maximum atomic E-state index is 12.4. The summed E-state index contributed by atoms with van der Waals surface area (Å²) >= 11 is 0. The Hall–Kier alpha value is -3.28. The van der Waals surface area contributed by atoms with E-state index in [1.165, 1.54) is 12.4 Å². The van der Waals surface area contributed by atoms with E-state index in [1.807, 2.05) is 55.4 Å². The first-order valence-electron chi connectivity index (χ1n) is 12.8. The smallest absolute Gasteiger partial charge is 0.433 e. The maximum Gasteiger partial charge on any atom is 0.433 e. The number of alkyl halides is 3. The third kappa shape index (κ3) is 12.9. The molecule has 1 fully saturated rings. The molecule has 3 heterocycles. The molecule has 2 aromatic heterocycles. The lowest BCUT2D eigenvalue weighted by Crippen LogP contribution is -2.40. The van der Waals surface area contributed by atoms with E-state index < -0.39 is 23.1 Å². The van der Waals surface area contributed by atoms with Crippen LogP contribution in [0.1, 0.15) is 80.1 Å². The molecule has 2 unspecified atom stereocenters. The predicted molar refractivity (Wildman–Crippen MR) is 144 cm³/mol. The number of pyridine rings is 1. The second-order valence-corrected chi connectivity index (χ2v) is 9.48. The summed E-state index contributed by atoms with van der Waals surface area (Å²) in [6.45, 7) is 17.7. The molecule has 0 radical (unpaired) electrons. The van der Waals surface area contributed by atoms with Gasteiger partial charge in [0.1, 0.15) is 17.6 Å². The number of hydrogen-bond acceptors (Lipinski definition) is 7. The van der Waals surface area contributed by atoms with Crippen molar-refractivity contribution < 1.29 is 32.6 Å². The van der Waals surface area contributed by atoms with Crippen LogP contribution in [0.2, 0.25) is 0 Å². The van der Waals surface area contributed by atoms with E-state index in [9.17, 15) is 27.9 Å². The Morgan fingerprint density at radius 2 is 1.79 bits per heavy atom. The number of halogens is 3. The van der Waals surface area contributed by atoms with Gasteiger partial charge in [-0.2, -0.15) is 13.2 Å². The Bertz CT molecular complexity index is 1010. The minimum absolute atomic E-state index is 0.0369. The second kappa shape index (κ2) is 16.0. The van der Waals surface area contributed by atoms with Gasteiger partial charge in [0.15, 0.2) is 0 Å². The molecule has 2 N–H and O–H groups in total. The van der Waals surface area contributed by atoms with Gasteiger partial charge in [0.25, 0.3) is 0 Å². The van der Waals surface area contributed by atoms with Gasteiger partial charge in [0.05, 0.1) is 30.1 Å². The second-order valence-electron chi connectivity index (χ2n) is 9.48. The third-order valence-electron chi connectivity index (χ3n) is 4.85. The van der Waals surface area contributed by atoms with Crippen molar-refractivity contribution in [3.63, 3.8) is 0 Å². The number of hydrogen-bond donors (Lipinski definition) is 2. The minimum atomic E-state index is -4.47. The van der Waals surface area contributed by atoms with Gasteiger partial charge in [0, 0.05) is 17.8 Å². The van der Waals surface area contributed by atoms with E-state index in [2.05, 4.69) is 20.3 Å². The summed E-state index contributed by atoms with van der Waals surface area (Å²) in [5.41, 5.74) is -0.807. The highest BCUT2D eigenvalue weighted by Crippen LogP contribution is 2.29. The fourth-order valence-electron chi connectivity index (χ4n) is 3.41. The van der Waals surface area contributed by atoms with Crippen LogP contribution in [-0.4, -0.2) is 61.3 Å². The van der Waals surface area contributed by atoms with Crippen LogP contribution >= 0.6 is 0 Å². The fraction of sp³-hybridized carbons (Fsp3) is 0.593. The van der Waals surface area contributed by atoms with Crippen LogP contribution in [0.3, 0.4) is 0 Å². The Kier molecular flexibility index (Phi) is 14.6. The molecule has 0 aromatic carbocycles. The molecule has 0 spiro atoms. The fourth-order valence-corrected chi connectivity index (χ4v) is 3.41. The summed E-state index contributed by atoms with van der Waals surface area (Å²) < 4.78 is 42.4. The van der Waals surface area contributed by atoms with Gasteiger partial charge in [-0.05, 0) is 59.2 Å². The number of β-amino-alcohol motifs (C(OH)–C–C–N with tert-alkyl or cyclic N) is 1. The van der Waals surface area contributed by atoms with Gasteiger partial charge in [-0.1, -0.05) is 27.7 Å². The molecule has 2 atom stereocenters. The highest BCUT2D eigenvalue weighted by molar-refractivity contribution is 5.69. The number of aliphatic hydroxyl groups is 1. The van der Waals surface area contributed by atoms with Crippen molar-refractivity contribution in [3.8, 4) is 11.3 Å². The van der Waals surface area contributed by atoms with E-state index in [0.29, 0.717) is 36.3 Å². The van der Waals surface area contributed by atoms with Crippen LogP contribution in [0.5, 0.6) is 0 Å². The van der Waals surface area contributed by atoms with Crippen LogP contribution in [0.4, 0.5) is 18.0 Å². The molecular formula is C27H42F3N5O4. The van der Waals surface area contributed by atoms with Gasteiger partial charge >= 0.3 is 12.3 Å². The number of likely N-dealkylation sites (tertiary alicyclic amines) is 1. The summed E-state index contributed by atoms with van der Waals surface area (Å²) in [7, 11) is 0. The van der Waals surface area contributed by atoms with Gasteiger partial charge in [-0.25, -0.2) is 14.8 Å². The van der Waals surface area contributed by atoms with E-state index in [1.54, 1.807) is 17.9 Å². The zero-order chi connectivity index (χ0) is 30.4. The van der Waals surface area contributed by atoms with Crippen molar-refractivity contribution >= 4 is 12.5 Å². The Morgan fingerprint density at radius 1 is 1.18 bits per heavy atom. The number of nitrogens with zero attached hydrogens (tertiary/aromatic N) is 4. The average Bonchev–Trinajstić information content (AvgIpc) is 3.16. The normalized spacial score (nSPS) is 18.3. The number of nitrogens with one attached hydrogen (secondary N) is 1. The van der Waals surface area contributed by atoms with Crippen molar-refractivity contribution in [2.24, 2.45) is 0 Å². The average molecular weight is 558 g/mol. The number of carbonyl (C=O) groups excluding carboxylic acids is 2. The number of amides is 2. The Balaban J connectivity index is 0.000000678. The van der Waals surface area contributed by atoms with Crippen molar-refractivity contribution in [1.29, 1.82) is 0 Å². The quantitative estimate of drug-likeness (QED) is 0.469. The lowest BCUT2D eigenvalue weighted by Gasteiger charge is -2.27. The zero-order valence-electron chi connectivity index (χ0n) is 24.3. The first-order chi connectivity index (χ1) is 18.1. The first-order valence-corrected chi connectivity index (χ1v) is 12.8. The van der Waals surface area contributed by atoms with Crippen molar-refractivity contribution in [1.82, 2.24) is 25.2 Å². The standard InChI is InChI=1S/C12H9F3N4O.C11H21NO3.2C2H6/c13-12(14,15)11-2-1-8(4-17-11)10-3-9(5-16-7-20)18-6-19-10;1-8-6-11(5,14)7-12(8)9(13)15-10(2,3)4;2*1-2/h1-4,6-7H,5H2,(H,16,20);8,14H,6-7H2,1-5H3;2*1-2H3. The minimum Gasteiger partial charge on any atom is -0.444 e. The summed E-state index contributed by atoms with van der Waals surface area (Å²) in [5, 5.41) is 12.3.